The van der Waals surface area contributed by atoms with Crippen molar-refractivity contribution in [3.8, 4) is 0 Å². The molecule has 17 heavy (non-hydrogen) atoms. The fourth-order valence-electron chi connectivity index (χ4n) is 3.97. The second kappa shape index (κ2) is 4.00. The zero-order chi connectivity index (χ0) is 12.0. The van der Waals surface area contributed by atoms with Crippen LogP contribution in [0, 0.1) is 23.7 Å². The zero-order valence-corrected chi connectivity index (χ0v) is 10.1. The minimum atomic E-state index is -0.256. The van der Waals surface area contributed by atoms with Gasteiger partial charge in [0.15, 0.2) is 0 Å². The van der Waals surface area contributed by atoms with E-state index < -0.39 is 0 Å². The van der Waals surface area contributed by atoms with Gasteiger partial charge in [-0.2, -0.15) is 0 Å². The van der Waals surface area contributed by atoms with Gasteiger partial charge in [-0.1, -0.05) is 6.42 Å². The number of primary amides is 1. The van der Waals surface area contributed by atoms with E-state index in [1.807, 2.05) is 4.90 Å². The zero-order valence-electron chi connectivity index (χ0n) is 10.1. The van der Waals surface area contributed by atoms with Gasteiger partial charge in [0.2, 0.25) is 11.8 Å². The van der Waals surface area contributed by atoms with E-state index >= 15 is 0 Å². The number of fused-ring (bicyclic) bond motifs is 2. The van der Waals surface area contributed by atoms with Gasteiger partial charge in [0, 0.05) is 19.0 Å². The third-order valence-corrected chi connectivity index (χ3v) is 4.96. The number of hydrogen-bond donors (Lipinski definition) is 1. The summed E-state index contributed by atoms with van der Waals surface area (Å²) in [4.78, 5) is 25.4. The van der Waals surface area contributed by atoms with E-state index in [4.69, 9.17) is 5.73 Å². The lowest BCUT2D eigenvalue weighted by Gasteiger charge is -2.26. The van der Waals surface area contributed by atoms with Crippen LogP contribution in [-0.4, -0.2) is 29.8 Å². The molecule has 2 aliphatic carbocycles. The Bertz CT molecular complexity index is 355. The van der Waals surface area contributed by atoms with Crippen molar-refractivity contribution in [1.29, 1.82) is 0 Å². The van der Waals surface area contributed by atoms with Crippen LogP contribution in [0.3, 0.4) is 0 Å². The van der Waals surface area contributed by atoms with E-state index in [1.165, 1.54) is 19.3 Å². The van der Waals surface area contributed by atoms with E-state index in [0.29, 0.717) is 18.4 Å². The van der Waals surface area contributed by atoms with Gasteiger partial charge in [0.25, 0.3) is 0 Å². The topological polar surface area (TPSA) is 63.4 Å². The molecule has 4 heteroatoms. The standard InChI is InChI=1S/C13H20N2O2/c14-12(16)10-3-4-15(7-10)13(17)11-6-8-1-2-9(11)5-8/h8-11H,1-7H2,(H2,14,16)/t8-,9-,10+,11+/m0/s1. The van der Waals surface area contributed by atoms with Gasteiger partial charge >= 0.3 is 0 Å². The molecule has 0 aromatic rings. The minimum Gasteiger partial charge on any atom is -0.369 e. The Morgan fingerprint density at radius 3 is 2.47 bits per heavy atom. The monoisotopic (exact) mass is 236 g/mol. The summed E-state index contributed by atoms with van der Waals surface area (Å²) in [5.74, 6) is 1.59. The Kier molecular flexibility index (Phi) is 2.60. The summed E-state index contributed by atoms with van der Waals surface area (Å²) in [5.41, 5.74) is 5.30. The first-order chi connectivity index (χ1) is 8.15. The first-order valence-electron chi connectivity index (χ1n) is 6.73. The largest absolute Gasteiger partial charge is 0.369 e. The quantitative estimate of drug-likeness (QED) is 0.769. The van der Waals surface area contributed by atoms with Crippen LogP contribution < -0.4 is 5.73 Å². The molecule has 4 atom stereocenters. The van der Waals surface area contributed by atoms with Crippen molar-refractivity contribution >= 4 is 11.8 Å². The van der Waals surface area contributed by atoms with E-state index in [1.54, 1.807) is 0 Å². The van der Waals surface area contributed by atoms with Crippen molar-refractivity contribution in [2.24, 2.45) is 29.4 Å². The van der Waals surface area contributed by atoms with Crippen molar-refractivity contribution in [1.82, 2.24) is 4.90 Å². The molecule has 94 valence electrons. The van der Waals surface area contributed by atoms with Crippen molar-refractivity contribution in [2.75, 3.05) is 13.1 Å². The second-order valence-electron chi connectivity index (χ2n) is 5.95. The number of rotatable bonds is 2. The molecular weight excluding hydrogens is 216 g/mol. The van der Waals surface area contributed by atoms with Gasteiger partial charge in [-0.25, -0.2) is 0 Å². The predicted octanol–water partition coefficient (Wildman–Crippen LogP) is 0.756. The molecule has 3 aliphatic rings. The Morgan fingerprint density at radius 2 is 1.94 bits per heavy atom. The number of hydrogen-bond acceptors (Lipinski definition) is 2. The summed E-state index contributed by atoms with van der Waals surface area (Å²) in [6.07, 6.45) is 5.64. The average molecular weight is 236 g/mol. The number of amides is 2. The molecule has 2 saturated carbocycles. The number of carbonyl (C=O) groups is 2. The lowest BCUT2D eigenvalue weighted by atomic mass is 9.88. The van der Waals surface area contributed by atoms with E-state index in [-0.39, 0.29) is 17.7 Å². The number of nitrogens with zero attached hydrogens (tertiary/aromatic N) is 1. The Labute approximate surface area is 102 Å². The predicted molar refractivity (Wildman–Crippen MR) is 62.8 cm³/mol. The molecule has 0 radical (unpaired) electrons. The summed E-state index contributed by atoms with van der Waals surface area (Å²) >= 11 is 0. The van der Waals surface area contributed by atoms with Crippen LogP contribution in [0.2, 0.25) is 0 Å². The van der Waals surface area contributed by atoms with Gasteiger partial charge in [0.1, 0.15) is 0 Å². The third kappa shape index (κ3) is 1.83. The SMILES string of the molecule is NC(=O)[C@@H]1CCN(C(=O)[C@@H]2C[C@H]3CC[C@H]2C3)C1. The van der Waals surface area contributed by atoms with Crippen LogP contribution in [0.5, 0.6) is 0 Å². The molecule has 3 rings (SSSR count). The highest BCUT2D eigenvalue weighted by molar-refractivity contribution is 5.82. The Hall–Kier alpha value is -1.06. The molecule has 3 fully saturated rings. The van der Waals surface area contributed by atoms with Crippen LogP contribution >= 0.6 is 0 Å². The van der Waals surface area contributed by atoms with Gasteiger partial charge in [0.05, 0.1) is 5.92 Å². The Balaban J connectivity index is 1.62. The maximum atomic E-state index is 12.4. The summed E-state index contributed by atoms with van der Waals surface area (Å²) < 4.78 is 0. The summed E-state index contributed by atoms with van der Waals surface area (Å²) in [7, 11) is 0. The lowest BCUT2D eigenvalue weighted by Crippen LogP contribution is -2.37. The highest BCUT2D eigenvalue weighted by Gasteiger charge is 2.45. The first-order valence-corrected chi connectivity index (χ1v) is 6.73. The first kappa shape index (κ1) is 11.1. The van der Waals surface area contributed by atoms with Crippen LogP contribution in [-0.2, 0) is 9.59 Å². The highest BCUT2D eigenvalue weighted by Crippen LogP contribution is 2.49. The van der Waals surface area contributed by atoms with Crippen molar-refractivity contribution in [2.45, 2.75) is 32.1 Å². The molecule has 1 heterocycles. The Morgan fingerprint density at radius 1 is 1.12 bits per heavy atom. The normalized spacial score (nSPS) is 39.9. The highest BCUT2D eigenvalue weighted by atomic mass is 16.2. The number of nitrogens with two attached hydrogens (primary N) is 1. The third-order valence-electron chi connectivity index (χ3n) is 4.96. The molecular formula is C13H20N2O2. The molecule has 0 aromatic heterocycles. The maximum Gasteiger partial charge on any atom is 0.225 e. The number of likely N-dealkylation sites (tertiary alicyclic amines) is 1. The maximum absolute atomic E-state index is 12.4. The van der Waals surface area contributed by atoms with Gasteiger partial charge in [-0.05, 0) is 37.5 Å². The summed E-state index contributed by atoms with van der Waals surface area (Å²) in [6.45, 7) is 1.28. The van der Waals surface area contributed by atoms with E-state index in [2.05, 4.69) is 0 Å². The molecule has 2 amide bonds. The van der Waals surface area contributed by atoms with Crippen LogP contribution in [0.4, 0.5) is 0 Å². The molecule has 1 saturated heterocycles. The smallest absolute Gasteiger partial charge is 0.225 e. The molecule has 0 aromatic carbocycles. The number of carbonyl (C=O) groups excluding carboxylic acids is 2. The fraction of sp³-hybridized carbons (Fsp3) is 0.846. The van der Waals surface area contributed by atoms with Gasteiger partial charge in [-0.15, -0.1) is 0 Å². The van der Waals surface area contributed by atoms with Crippen LogP contribution in [0.25, 0.3) is 0 Å². The van der Waals surface area contributed by atoms with Crippen molar-refractivity contribution < 1.29 is 9.59 Å². The fourth-order valence-corrected chi connectivity index (χ4v) is 3.97. The van der Waals surface area contributed by atoms with Crippen LogP contribution in [0.15, 0.2) is 0 Å². The van der Waals surface area contributed by atoms with E-state index in [0.717, 1.165) is 25.3 Å². The minimum absolute atomic E-state index is 0.113. The second-order valence-corrected chi connectivity index (χ2v) is 5.95. The molecule has 1 aliphatic heterocycles. The average Bonchev–Trinajstić information content (AvgIpc) is 3.03. The van der Waals surface area contributed by atoms with Crippen molar-refractivity contribution in [3.05, 3.63) is 0 Å². The summed E-state index contributed by atoms with van der Waals surface area (Å²) in [5, 5.41) is 0. The van der Waals surface area contributed by atoms with Gasteiger partial charge < -0.3 is 10.6 Å². The van der Waals surface area contributed by atoms with Crippen LogP contribution in [0.1, 0.15) is 32.1 Å². The van der Waals surface area contributed by atoms with E-state index in [9.17, 15) is 9.59 Å². The molecule has 2 N–H and O–H groups in total. The molecule has 0 spiro atoms. The van der Waals surface area contributed by atoms with Crippen molar-refractivity contribution in [3.63, 3.8) is 0 Å². The lowest BCUT2D eigenvalue weighted by molar-refractivity contribution is -0.136. The molecule has 2 bridgehead atoms. The molecule has 0 unspecified atom stereocenters. The summed E-state index contributed by atoms with van der Waals surface area (Å²) in [6, 6.07) is 0. The molecule has 4 nitrogen and oxygen atoms in total. The van der Waals surface area contributed by atoms with Gasteiger partial charge in [-0.3, -0.25) is 9.59 Å².